The van der Waals surface area contributed by atoms with Gasteiger partial charge in [0.2, 0.25) is 5.91 Å². The molecule has 0 N–H and O–H groups in total. The minimum absolute atomic E-state index is 0.00464. The van der Waals surface area contributed by atoms with E-state index in [1.165, 1.54) is 212 Å². The summed E-state index contributed by atoms with van der Waals surface area (Å²) in [5, 5.41) is 0. The van der Waals surface area contributed by atoms with Crippen LogP contribution < -0.4 is 0 Å². The summed E-state index contributed by atoms with van der Waals surface area (Å²) in [6.45, 7) is 14.9. The average molecular weight is 1020 g/mol. The summed E-state index contributed by atoms with van der Waals surface area (Å²) < 4.78 is 11.9. The number of nitrogens with zero attached hydrogens (tertiary/aromatic N) is 2. The van der Waals surface area contributed by atoms with Crippen molar-refractivity contribution in [3.63, 3.8) is 0 Å². The highest BCUT2D eigenvalue weighted by atomic mass is 16.5. The third-order valence-electron chi connectivity index (χ3n) is 15.6. The van der Waals surface area contributed by atoms with E-state index in [1.807, 2.05) is 0 Å². The number of carbonyl (C=O) groups is 3. The minimum atomic E-state index is 0.00464. The quantitative estimate of drug-likeness (QED) is 0.0446. The summed E-state index contributed by atoms with van der Waals surface area (Å²) in [6, 6.07) is 0.320. The van der Waals surface area contributed by atoms with Gasteiger partial charge in [0.1, 0.15) is 6.61 Å². The first-order chi connectivity index (χ1) is 35.2. The van der Waals surface area contributed by atoms with E-state index in [-0.39, 0.29) is 11.8 Å². The predicted octanol–water partition coefficient (Wildman–Crippen LogP) is 19.5. The largest absolute Gasteiger partial charge is 0.465 e. The van der Waals surface area contributed by atoms with E-state index in [2.05, 4.69) is 58.5 Å². The molecule has 0 radical (unpaired) electrons. The molecule has 0 saturated carbocycles. The molecule has 0 aliphatic carbocycles. The second kappa shape index (κ2) is 55.8. The molecule has 0 aromatic carbocycles. The fraction of sp³-hybridized carbons (Fsp3) is 0.954. The van der Waals surface area contributed by atoms with Crippen molar-refractivity contribution >= 4 is 17.7 Å². The van der Waals surface area contributed by atoms with Gasteiger partial charge >= 0.3 is 5.97 Å². The molecule has 7 nitrogen and oxygen atoms in total. The molecule has 0 saturated heterocycles. The van der Waals surface area contributed by atoms with E-state index in [1.54, 1.807) is 0 Å². The Balaban J connectivity index is 4.95. The van der Waals surface area contributed by atoms with Gasteiger partial charge in [0.25, 0.3) is 0 Å². The number of hydrogen-bond donors (Lipinski definition) is 0. The van der Waals surface area contributed by atoms with Gasteiger partial charge in [-0.1, -0.05) is 253 Å². The van der Waals surface area contributed by atoms with Gasteiger partial charge in [0, 0.05) is 38.5 Å². The van der Waals surface area contributed by atoms with Gasteiger partial charge in [-0.3, -0.25) is 14.4 Å². The van der Waals surface area contributed by atoms with E-state index in [0.717, 1.165) is 90.3 Å². The minimum Gasteiger partial charge on any atom is -0.465 e. The fourth-order valence-corrected chi connectivity index (χ4v) is 10.8. The summed E-state index contributed by atoms with van der Waals surface area (Å²) in [5.74, 6) is 1.78. The van der Waals surface area contributed by atoms with Crippen LogP contribution in [0, 0.1) is 11.8 Å². The molecule has 3 unspecified atom stereocenters. The number of carbonyl (C=O) groups excluding carboxylic acids is 3. The molecule has 0 bridgehead atoms. The molecule has 3 atom stereocenters. The number of ether oxygens (including phenoxy) is 2. The second-order valence-electron chi connectivity index (χ2n) is 23.2. The van der Waals surface area contributed by atoms with Gasteiger partial charge in [0.05, 0.1) is 6.61 Å². The van der Waals surface area contributed by atoms with Crippen molar-refractivity contribution in [3.8, 4) is 0 Å². The Morgan fingerprint density at radius 2 is 0.708 bits per heavy atom. The lowest BCUT2D eigenvalue weighted by Crippen LogP contribution is -2.41. The molecule has 1 amide bonds. The molecular weight excluding hydrogens is 889 g/mol. The Labute approximate surface area is 450 Å². The summed E-state index contributed by atoms with van der Waals surface area (Å²) in [6.07, 6.45) is 55.7. The molecule has 0 fully saturated rings. The van der Waals surface area contributed by atoms with Crippen LogP contribution in [0.1, 0.15) is 336 Å². The molecule has 7 heteroatoms. The van der Waals surface area contributed by atoms with E-state index in [4.69, 9.17) is 9.47 Å². The fourth-order valence-electron chi connectivity index (χ4n) is 10.8. The maximum Gasteiger partial charge on any atom is 0.305 e. The van der Waals surface area contributed by atoms with Gasteiger partial charge in [-0.05, 0) is 96.7 Å². The third kappa shape index (κ3) is 48.2. The molecule has 0 rings (SSSR count). The number of hydrogen-bond acceptors (Lipinski definition) is 6. The highest BCUT2D eigenvalue weighted by Gasteiger charge is 2.23. The van der Waals surface area contributed by atoms with E-state index in [9.17, 15) is 14.4 Å². The van der Waals surface area contributed by atoms with E-state index in [0.29, 0.717) is 56.3 Å². The van der Waals surface area contributed by atoms with E-state index >= 15 is 0 Å². The zero-order chi connectivity index (χ0) is 52.8. The number of Topliss-reactive ketones (excluding diaryl/α,β-unsaturated/α-hetero) is 1. The molecule has 0 spiro atoms. The first kappa shape index (κ1) is 70.5. The predicted molar refractivity (Wildman–Crippen MR) is 313 cm³/mol. The number of unbranched alkanes of at least 4 members (excludes halogenated alkanes) is 30. The topological polar surface area (TPSA) is 76.2 Å². The monoisotopic (exact) mass is 1020 g/mol. The molecule has 72 heavy (non-hydrogen) atoms. The summed E-state index contributed by atoms with van der Waals surface area (Å²) in [5.41, 5.74) is 0. The Hall–Kier alpha value is -1.47. The lowest BCUT2D eigenvalue weighted by Gasteiger charge is -2.33. The average Bonchev–Trinajstić information content (AvgIpc) is 3.37. The molecular formula is C65H128N2O5. The molecule has 0 heterocycles. The maximum absolute atomic E-state index is 13.9. The second-order valence-corrected chi connectivity index (χ2v) is 23.2. The van der Waals surface area contributed by atoms with Crippen molar-refractivity contribution in [3.05, 3.63) is 0 Å². The Kier molecular flexibility index (Phi) is 54.6. The van der Waals surface area contributed by atoms with Crippen LogP contribution in [0.2, 0.25) is 0 Å². The van der Waals surface area contributed by atoms with Crippen molar-refractivity contribution in [2.24, 2.45) is 11.8 Å². The Bertz CT molecular complexity index is 1150. The van der Waals surface area contributed by atoms with Crippen LogP contribution in [0.15, 0.2) is 0 Å². The number of esters is 1. The highest BCUT2D eigenvalue weighted by Crippen LogP contribution is 2.24. The zero-order valence-corrected chi connectivity index (χ0v) is 49.9. The van der Waals surface area contributed by atoms with Gasteiger partial charge in [-0.2, -0.15) is 0 Å². The van der Waals surface area contributed by atoms with Crippen LogP contribution in [0.4, 0.5) is 0 Å². The van der Waals surface area contributed by atoms with Crippen LogP contribution in [-0.2, 0) is 23.9 Å². The highest BCUT2D eigenvalue weighted by molar-refractivity contribution is 5.79. The normalized spacial score (nSPS) is 12.9. The SMILES string of the molecule is CCCCCCCCC(CCCCCC)COCC(=O)CCCCCCCCC(CCCCCCCCC(=O)OCC(CCCCCC)CCCCCCCC)N(CCCN(C)C)C(=O)CCCCCCC. The Morgan fingerprint density at radius 3 is 1.14 bits per heavy atom. The summed E-state index contributed by atoms with van der Waals surface area (Å²) in [4.78, 5) is 44.1. The number of rotatable bonds is 59. The van der Waals surface area contributed by atoms with Crippen LogP contribution in [0.5, 0.6) is 0 Å². The summed E-state index contributed by atoms with van der Waals surface area (Å²) in [7, 11) is 4.27. The number of amides is 1. The molecule has 0 aliphatic heterocycles. The Morgan fingerprint density at radius 1 is 0.361 bits per heavy atom. The van der Waals surface area contributed by atoms with Gasteiger partial charge in [-0.15, -0.1) is 0 Å². The van der Waals surface area contributed by atoms with Gasteiger partial charge < -0.3 is 19.3 Å². The summed E-state index contributed by atoms with van der Waals surface area (Å²) >= 11 is 0. The maximum atomic E-state index is 13.9. The van der Waals surface area contributed by atoms with E-state index < -0.39 is 0 Å². The first-order valence-corrected chi connectivity index (χ1v) is 32.4. The van der Waals surface area contributed by atoms with Crippen LogP contribution in [0.25, 0.3) is 0 Å². The van der Waals surface area contributed by atoms with Crippen molar-refractivity contribution < 1.29 is 23.9 Å². The molecule has 428 valence electrons. The molecule has 0 aliphatic rings. The first-order valence-electron chi connectivity index (χ1n) is 32.4. The zero-order valence-electron chi connectivity index (χ0n) is 49.9. The van der Waals surface area contributed by atoms with Crippen molar-refractivity contribution in [2.45, 2.75) is 342 Å². The van der Waals surface area contributed by atoms with Crippen LogP contribution >= 0.6 is 0 Å². The lowest BCUT2D eigenvalue weighted by atomic mass is 9.95. The van der Waals surface area contributed by atoms with Crippen LogP contribution in [-0.4, -0.2) is 80.5 Å². The van der Waals surface area contributed by atoms with Crippen molar-refractivity contribution in [2.75, 3.05) is 47.0 Å². The van der Waals surface area contributed by atoms with Gasteiger partial charge in [-0.25, -0.2) is 0 Å². The van der Waals surface area contributed by atoms with Crippen molar-refractivity contribution in [1.82, 2.24) is 9.80 Å². The molecule has 0 aromatic rings. The smallest absolute Gasteiger partial charge is 0.305 e. The van der Waals surface area contributed by atoms with Crippen molar-refractivity contribution in [1.29, 1.82) is 0 Å². The van der Waals surface area contributed by atoms with Gasteiger partial charge in [0.15, 0.2) is 5.78 Å². The lowest BCUT2D eigenvalue weighted by molar-refractivity contribution is -0.145. The van der Waals surface area contributed by atoms with Crippen LogP contribution in [0.3, 0.4) is 0 Å². The standard InChI is InChI=1S/C65H128N2O5/c1-8-13-18-23-30-38-47-60(46-36-21-16-11-4)57-71-59-63(68)52-42-34-27-25-32-40-50-62(67(56-45-55-66(6)7)64(69)53-43-29-20-15-10-3)51-41-33-26-28-35-44-54-65(70)72-58-61(48-37-22-17-12-5)49-39-31-24-19-14-9-2/h60-62H,8-59H2,1-7H3. The third-order valence-corrected chi connectivity index (χ3v) is 15.6. The number of ketones is 1. The molecule has 0 aromatic heterocycles.